The van der Waals surface area contributed by atoms with Gasteiger partial charge in [-0.3, -0.25) is 13.9 Å². The molecule has 3 aromatic rings. The summed E-state index contributed by atoms with van der Waals surface area (Å²) in [4.78, 5) is 35.7. The zero-order valence-electron chi connectivity index (χ0n) is 14.3. The lowest BCUT2D eigenvalue weighted by Crippen LogP contribution is -2.37. The van der Waals surface area contributed by atoms with Crippen molar-refractivity contribution in [3.8, 4) is 0 Å². The molecule has 0 spiro atoms. The molecule has 130 valence electrons. The van der Waals surface area contributed by atoms with E-state index in [1.54, 1.807) is 30.1 Å². The fourth-order valence-electron chi connectivity index (χ4n) is 3.23. The molecular formula is C17H18N4O2S2. The number of rotatable bonds is 3. The molecule has 0 saturated heterocycles. The van der Waals surface area contributed by atoms with E-state index in [4.69, 9.17) is 0 Å². The van der Waals surface area contributed by atoms with Crippen LogP contribution in [0.2, 0.25) is 0 Å². The summed E-state index contributed by atoms with van der Waals surface area (Å²) in [7, 11) is 3.19. The van der Waals surface area contributed by atoms with E-state index in [2.05, 4.69) is 9.97 Å². The minimum atomic E-state index is -0.302. The Balaban J connectivity index is 1.75. The second kappa shape index (κ2) is 6.10. The molecule has 0 radical (unpaired) electrons. The third-order valence-electron chi connectivity index (χ3n) is 4.63. The van der Waals surface area contributed by atoms with Crippen LogP contribution in [-0.2, 0) is 32.7 Å². The molecule has 0 saturated carbocycles. The van der Waals surface area contributed by atoms with Crippen LogP contribution in [0, 0.1) is 6.92 Å². The maximum absolute atomic E-state index is 12.1. The predicted molar refractivity (Wildman–Crippen MR) is 101 cm³/mol. The second-order valence-electron chi connectivity index (χ2n) is 6.28. The van der Waals surface area contributed by atoms with Crippen molar-refractivity contribution in [2.24, 2.45) is 14.1 Å². The third-order valence-corrected chi connectivity index (χ3v) is 6.82. The fraction of sp³-hybridized carbons (Fsp3) is 0.412. The summed E-state index contributed by atoms with van der Waals surface area (Å²) in [6.07, 6.45) is 3.40. The van der Waals surface area contributed by atoms with Gasteiger partial charge in [-0.2, -0.15) is 0 Å². The molecular weight excluding hydrogens is 356 g/mol. The summed E-state index contributed by atoms with van der Waals surface area (Å²) >= 11 is 3.35. The van der Waals surface area contributed by atoms with Gasteiger partial charge in [0.25, 0.3) is 5.56 Å². The molecule has 0 unspecified atom stereocenters. The van der Waals surface area contributed by atoms with Gasteiger partial charge in [0, 0.05) is 41.9 Å². The van der Waals surface area contributed by atoms with E-state index in [0.29, 0.717) is 11.4 Å². The zero-order chi connectivity index (χ0) is 17.7. The van der Waals surface area contributed by atoms with Gasteiger partial charge in [-0.05, 0) is 31.7 Å². The van der Waals surface area contributed by atoms with Crippen molar-refractivity contribution in [1.29, 1.82) is 0 Å². The molecule has 0 fully saturated rings. The largest absolute Gasteiger partial charge is 0.330 e. The first kappa shape index (κ1) is 16.5. The van der Waals surface area contributed by atoms with Crippen molar-refractivity contribution in [2.75, 3.05) is 0 Å². The molecule has 3 heterocycles. The van der Waals surface area contributed by atoms with Crippen LogP contribution in [0.4, 0.5) is 0 Å². The minimum absolute atomic E-state index is 0.279. The van der Waals surface area contributed by atoms with Crippen LogP contribution in [0.1, 0.15) is 28.4 Å². The van der Waals surface area contributed by atoms with Crippen molar-refractivity contribution in [3.63, 3.8) is 0 Å². The smallest absolute Gasteiger partial charge is 0.300 e. The lowest BCUT2D eigenvalue weighted by Gasteiger charge is -2.10. The summed E-state index contributed by atoms with van der Waals surface area (Å²) < 4.78 is 2.64. The van der Waals surface area contributed by atoms with E-state index in [-0.39, 0.29) is 11.2 Å². The number of fused-ring (bicyclic) bond motifs is 3. The van der Waals surface area contributed by atoms with E-state index >= 15 is 0 Å². The van der Waals surface area contributed by atoms with Gasteiger partial charge in [0.05, 0.1) is 0 Å². The fourth-order valence-corrected chi connectivity index (χ4v) is 5.72. The normalized spacial score (nSPS) is 13.6. The van der Waals surface area contributed by atoms with E-state index < -0.39 is 0 Å². The Morgan fingerprint density at radius 3 is 2.80 bits per heavy atom. The number of hydrogen-bond donors (Lipinski definition) is 0. The number of thiophene rings is 1. The van der Waals surface area contributed by atoms with Gasteiger partial charge in [-0.15, -0.1) is 11.3 Å². The van der Waals surface area contributed by atoms with E-state index in [1.807, 2.05) is 6.92 Å². The molecule has 4 rings (SSSR count). The van der Waals surface area contributed by atoms with Gasteiger partial charge in [-0.1, -0.05) is 11.8 Å². The van der Waals surface area contributed by atoms with Crippen molar-refractivity contribution < 1.29 is 0 Å². The van der Waals surface area contributed by atoms with Crippen LogP contribution in [0.15, 0.2) is 20.7 Å². The standard InChI is InChI=1S/C17H18N4O2S2/c1-9-18-15(14-11-5-4-6-12(11)25-16(14)19-9)24-8-10-7-13(22)21(3)17(23)20(10)2/h7H,4-6,8H2,1-3H3. The molecule has 1 aliphatic rings. The quantitative estimate of drug-likeness (QED) is 0.519. The number of nitrogens with zero attached hydrogens (tertiary/aromatic N) is 4. The maximum Gasteiger partial charge on any atom is 0.330 e. The second-order valence-corrected chi connectivity index (χ2v) is 8.32. The molecule has 8 heteroatoms. The molecule has 25 heavy (non-hydrogen) atoms. The average molecular weight is 374 g/mol. The molecule has 0 amide bonds. The Hall–Kier alpha value is -1.93. The van der Waals surface area contributed by atoms with Crippen LogP contribution >= 0.6 is 23.1 Å². The summed E-state index contributed by atoms with van der Waals surface area (Å²) in [5, 5.41) is 2.12. The number of hydrogen-bond acceptors (Lipinski definition) is 6. The van der Waals surface area contributed by atoms with Crippen molar-refractivity contribution >= 4 is 33.3 Å². The topological polar surface area (TPSA) is 69.8 Å². The monoisotopic (exact) mass is 374 g/mol. The predicted octanol–water partition coefficient (Wildman–Crippen LogP) is 2.18. The van der Waals surface area contributed by atoms with Gasteiger partial charge in [-0.25, -0.2) is 14.8 Å². The zero-order valence-corrected chi connectivity index (χ0v) is 16.0. The molecule has 0 aliphatic heterocycles. The summed E-state index contributed by atoms with van der Waals surface area (Å²) in [5.41, 5.74) is 1.51. The lowest BCUT2D eigenvalue weighted by atomic mass is 10.2. The average Bonchev–Trinajstić information content (AvgIpc) is 3.15. The third kappa shape index (κ3) is 2.73. The number of aryl methyl sites for hydroxylation is 3. The van der Waals surface area contributed by atoms with Crippen LogP contribution in [-0.4, -0.2) is 19.1 Å². The summed E-state index contributed by atoms with van der Waals surface area (Å²) in [5.74, 6) is 1.28. The number of thioether (sulfide) groups is 1. The van der Waals surface area contributed by atoms with Gasteiger partial charge in [0.15, 0.2) is 0 Å². The molecule has 0 atom stereocenters. The Morgan fingerprint density at radius 2 is 2.00 bits per heavy atom. The summed E-state index contributed by atoms with van der Waals surface area (Å²) in [6, 6.07) is 1.53. The molecule has 3 aromatic heterocycles. The first-order chi connectivity index (χ1) is 12.0. The Kier molecular flexibility index (Phi) is 4.04. The highest BCUT2D eigenvalue weighted by Gasteiger charge is 2.22. The van der Waals surface area contributed by atoms with Gasteiger partial charge >= 0.3 is 5.69 Å². The molecule has 0 aromatic carbocycles. The van der Waals surface area contributed by atoms with Gasteiger partial charge in [0.2, 0.25) is 0 Å². The van der Waals surface area contributed by atoms with E-state index in [9.17, 15) is 9.59 Å². The van der Waals surface area contributed by atoms with Gasteiger partial charge < -0.3 is 0 Å². The number of aromatic nitrogens is 4. The van der Waals surface area contributed by atoms with E-state index in [0.717, 1.165) is 33.1 Å². The van der Waals surface area contributed by atoms with Crippen molar-refractivity contribution in [1.82, 2.24) is 19.1 Å². The van der Waals surface area contributed by atoms with E-state index in [1.165, 1.54) is 39.9 Å². The lowest BCUT2D eigenvalue weighted by molar-refractivity contribution is 0.665. The van der Waals surface area contributed by atoms with Crippen LogP contribution in [0.5, 0.6) is 0 Å². The highest BCUT2D eigenvalue weighted by molar-refractivity contribution is 7.98. The van der Waals surface area contributed by atoms with Crippen LogP contribution in [0.25, 0.3) is 10.2 Å². The summed E-state index contributed by atoms with van der Waals surface area (Å²) in [6.45, 7) is 1.91. The van der Waals surface area contributed by atoms with Crippen molar-refractivity contribution in [3.05, 3.63) is 48.9 Å². The Morgan fingerprint density at radius 1 is 1.20 bits per heavy atom. The van der Waals surface area contributed by atoms with Crippen LogP contribution < -0.4 is 11.2 Å². The minimum Gasteiger partial charge on any atom is -0.300 e. The first-order valence-corrected chi connectivity index (χ1v) is 9.93. The van der Waals surface area contributed by atoms with Crippen LogP contribution in [0.3, 0.4) is 0 Å². The molecule has 1 aliphatic carbocycles. The Labute approximate surface area is 152 Å². The Bertz CT molecular complexity index is 1110. The molecule has 0 bridgehead atoms. The maximum atomic E-state index is 12.1. The first-order valence-electron chi connectivity index (χ1n) is 8.13. The highest BCUT2D eigenvalue weighted by Crippen LogP contribution is 2.40. The van der Waals surface area contributed by atoms with Gasteiger partial charge in [0.1, 0.15) is 15.7 Å². The van der Waals surface area contributed by atoms with Crippen molar-refractivity contribution in [2.45, 2.75) is 37.0 Å². The SMILES string of the molecule is Cc1nc(SCc2cc(=O)n(C)c(=O)n2C)c2c3c(sc2n1)CCC3. The molecule has 6 nitrogen and oxygen atoms in total. The highest BCUT2D eigenvalue weighted by atomic mass is 32.2. The molecule has 0 N–H and O–H groups in total.